The van der Waals surface area contributed by atoms with Gasteiger partial charge in [0, 0.05) is 19.0 Å². The molecule has 0 amide bonds. The molecular weight excluding hydrogens is 301 g/mol. The molecule has 0 aromatic heterocycles. The maximum atomic E-state index is 14.3. The van der Waals surface area contributed by atoms with Gasteiger partial charge in [0.25, 0.3) is 0 Å². The van der Waals surface area contributed by atoms with Crippen LogP contribution in [0.15, 0.2) is 36.4 Å². The molecule has 0 bridgehead atoms. The van der Waals surface area contributed by atoms with Gasteiger partial charge >= 0.3 is 5.97 Å². The summed E-state index contributed by atoms with van der Waals surface area (Å²) in [5, 5.41) is 0. The van der Waals surface area contributed by atoms with Crippen LogP contribution < -0.4 is 15.2 Å². The molecule has 0 aliphatic rings. The molecule has 0 saturated heterocycles. The SMILES string of the molecule is COc1ccc(C(=O)c2c(F)cc(CN)cc2OC(C)=O)cc1. The van der Waals surface area contributed by atoms with Crippen molar-refractivity contribution in [3.63, 3.8) is 0 Å². The number of hydrogen-bond acceptors (Lipinski definition) is 5. The van der Waals surface area contributed by atoms with E-state index in [1.165, 1.54) is 32.2 Å². The molecule has 0 heterocycles. The van der Waals surface area contributed by atoms with E-state index in [9.17, 15) is 14.0 Å². The number of carbonyl (C=O) groups is 2. The fraction of sp³-hybridized carbons (Fsp3) is 0.176. The Morgan fingerprint density at radius 2 is 1.83 bits per heavy atom. The summed E-state index contributed by atoms with van der Waals surface area (Å²) in [6.07, 6.45) is 0. The lowest BCUT2D eigenvalue weighted by molar-refractivity contribution is -0.131. The van der Waals surface area contributed by atoms with Crippen LogP contribution in [-0.2, 0) is 11.3 Å². The summed E-state index contributed by atoms with van der Waals surface area (Å²) in [5.74, 6) is -1.60. The van der Waals surface area contributed by atoms with E-state index in [1.807, 2.05) is 0 Å². The monoisotopic (exact) mass is 317 g/mol. The summed E-state index contributed by atoms with van der Waals surface area (Å²) >= 11 is 0. The van der Waals surface area contributed by atoms with Crippen molar-refractivity contribution in [2.45, 2.75) is 13.5 Å². The molecule has 0 aliphatic heterocycles. The molecule has 0 aliphatic carbocycles. The van der Waals surface area contributed by atoms with E-state index >= 15 is 0 Å². The Labute approximate surface area is 132 Å². The fourth-order valence-corrected chi connectivity index (χ4v) is 2.10. The first-order valence-electron chi connectivity index (χ1n) is 6.86. The van der Waals surface area contributed by atoms with E-state index in [2.05, 4.69) is 0 Å². The van der Waals surface area contributed by atoms with E-state index in [0.717, 1.165) is 6.07 Å². The van der Waals surface area contributed by atoms with Crippen molar-refractivity contribution in [2.75, 3.05) is 7.11 Å². The smallest absolute Gasteiger partial charge is 0.308 e. The van der Waals surface area contributed by atoms with Gasteiger partial charge in [0.1, 0.15) is 22.9 Å². The Morgan fingerprint density at radius 1 is 1.17 bits per heavy atom. The molecule has 5 nitrogen and oxygen atoms in total. The number of benzene rings is 2. The van der Waals surface area contributed by atoms with Gasteiger partial charge in [-0.2, -0.15) is 0 Å². The molecule has 2 aromatic carbocycles. The molecule has 2 aromatic rings. The minimum Gasteiger partial charge on any atom is -0.497 e. The van der Waals surface area contributed by atoms with Crippen molar-refractivity contribution in [3.8, 4) is 11.5 Å². The van der Waals surface area contributed by atoms with E-state index in [-0.39, 0.29) is 23.4 Å². The molecule has 2 rings (SSSR count). The van der Waals surface area contributed by atoms with Gasteiger partial charge in [-0.05, 0) is 42.0 Å². The normalized spacial score (nSPS) is 10.3. The Bertz CT molecular complexity index is 741. The Balaban J connectivity index is 2.50. The molecule has 120 valence electrons. The Kier molecular flexibility index (Phi) is 5.08. The zero-order valence-corrected chi connectivity index (χ0v) is 12.8. The predicted molar refractivity (Wildman–Crippen MR) is 82.0 cm³/mol. The molecular formula is C17H16FNO4. The number of methoxy groups -OCH3 is 1. The van der Waals surface area contributed by atoms with Crippen LogP contribution in [0.4, 0.5) is 4.39 Å². The van der Waals surface area contributed by atoms with Crippen LogP contribution in [0.25, 0.3) is 0 Å². The zero-order valence-electron chi connectivity index (χ0n) is 12.8. The molecule has 0 unspecified atom stereocenters. The minimum atomic E-state index is -0.787. The molecule has 0 spiro atoms. The van der Waals surface area contributed by atoms with Crippen molar-refractivity contribution < 1.29 is 23.5 Å². The predicted octanol–water partition coefficient (Wildman–Crippen LogP) is 2.45. The lowest BCUT2D eigenvalue weighted by atomic mass is 10.00. The first-order chi connectivity index (χ1) is 11.0. The molecule has 0 fully saturated rings. The third-order valence-electron chi connectivity index (χ3n) is 3.18. The van der Waals surface area contributed by atoms with Gasteiger partial charge < -0.3 is 15.2 Å². The largest absolute Gasteiger partial charge is 0.497 e. The number of halogens is 1. The van der Waals surface area contributed by atoms with Gasteiger partial charge in [0.15, 0.2) is 5.78 Å². The van der Waals surface area contributed by atoms with Gasteiger partial charge in [-0.15, -0.1) is 0 Å². The maximum Gasteiger partial charge on any atom is 0.308 e. The zero-order chi connectivity index (χ0) is 17.0. The standard InChI is InChI=1S/C17H16FNO4/c1-10(20)23-15-8-11(9-19)7-14(18)16(15)17(21)12-3-5-13(22-2)6-4-12/h3-8H,9,19H2,1-2H3. The summed E-state index contributed by atoms with van der Waals surface area (Å²) in [5.41, 5.74) is 5.85. The van der Waals surface area contributed by atoms with Crippen molar-refractivity contribution >= 4 is 11.8 Å². The second kappa shape index (κ2) is 7.02. The van der Waals surface area contributed by atoms with E-state index in [1.54, 1.807) is 12.1 Å². The lowest BCUT2D eigenvalue weighted by Gasteiger charge is -2.11. The third-order valence-corrected chi connectivity index (χ3v) is 3.18. The van der Waals surface area contributed by atoms with Crippen LogP contribution >= 0.6 is 0 Å². The minimum absolute atomic E-state index is 0.0577. The number of nitrogens with two attached hydrogens (primary N) is 1. The van der Waals surface area contributed by atoms with E-state index < -0.39 is 17.6 Å². The van der Waals surface area contributed by atoms with Gasteiger partial charge in [-0.3, -0.25) is 9.59 Å². The van der Waals surface area contributed by atoms with Crippen LogP contribution in [0, 0.1) is 5.82 Å². The van der Waals surface area contributed by atoms with Crippen LogP contribution in [0.3, 0.4) is 0 Å². The van der Waals surface area contributed by atoms with Crippen LogP contribution in [0.1, 0.15) is 28.4 Å². The van der Waals surface area contributed by atoms with Crippen LogP contribution in [0.5, 0.6) is 11.5 Å². The number of hydrogen-bond donors (Lipinski definition) is 1. The van der Waals surface area contributed by atoms with E-state index in [0.29, 0.717) is 11.3 Å². The van der Waals surface area contributed by atoms with Gasteiger partial charge in [-0.25, -0.2) is 4.39 Å². The molecule has 0 atom stereocenters. The Morgan fingerprint density at radius 3 is 2.35 bits per heavy atom. The highest BCUT2D eigenvalue weighted by molar-refractivity contribution is 6.11. The molecule has 0 saturated carbocycles. The first-order valence-corrected chi connectivity index (χ1v) is 6.86. The number of carbonyl (C=O) groups excluding carboxylic acids is 2. The van der Waals surface area contributed by atoms with Crippen molar-refractivity contribution in [3.05, 3.63) is 58.9 Å². The molecule has 2 N–H and O–H groups in total. The average molecular weight is 317 g/mol. The van der Waals surface area contributed by atoms with Gasteiger partial charge in [0.05, 0.1) is 7.11 Å². The molecule has 23 heavy (non-hydrogen) atoms. The Hall–Kier alpha value is -2.73. The summed E-state index contributed by atoms with van der Waals surface area (Å²) in [6.45, 7) is 1.23. The number of esters is 1. The van der Waals surface area contributed by atoms with E-state index in [4.69, 9.17) is 15.2 Å². The number of rotatable bonds is 5. The van der Waals surface area contributed by atoms with Crippen LogP contribution in [-0.4, -0.2) is 18.9 Å². The second-order valence-electron chi connectivity index (χ2n) is 4.81. The summed E-state index contributed by atoms with van der Waals surface area (Å²) in [6, 6.07) is 8.74. The van der Waals surface area contributed by atoms with Crippen molar-refractivity contribution in [1.29, 1.82) is 0 Å². The fourth-order valence-electron chi connectivity index (χ4n) is 2.10. The topological polar surface area (TPSA) is 78.6 Å². The summed E-state index contributed by atoms with van der Waals surface area (Å²) in [4.78, 5) is 23.8. The second-order valence-corrected chi connectivity index (χ2v) is 4.81. The maximum absolute atomic E-state index is 14.3. The van der Waals surface area contributed by atoms with Gasteiger partial charge in [0.2, 0.25) is 0 Å². The number of ketones is 1. The van der Waals surface area contributed by atoms with Crippen LogP contribution in [0.2, 0.25) is 0 Å². The van der Waals surface area contributed by atoms with Crippen molar-refractivity contribution in [1.82, 2.24) is 0 Å². The summed E-state index contributed by atoms with van der Waals surface area (Å²) in [7, 11) is 1.50. The highest BCUT2D eigenvalue weighted by atomic mass is 19.1. The first kappa shape index (κ1) is 16.6. The highest BCUT2D eigenvalue weighted by Gasteiger charge is 2.22. The number of ether oxygens (including phenoxy) is 2. The molecule has 0 radical (unpaired) electrons. The average Bonchev–Trinajstić information content (AvgIpc) is 2.53. The summed E-state index contributed by atoms with van der Waals surface area (Å²) < 4.78 is 24.3. The molecule has 6 heteroatoms. The third kappa shape index (κ3) is 3.73. The van der Waals surface area contributed by atoms with Gasteiger partial charge in [-0.1, -0.05) is 0 Å². The quantitative estimate of drug-likeness (QED) is 0.520. The van der Waals surface area contributed by atoms with Crippen molar-refractivity contribution in [2.24, 2.45) is 5.73 Å². The lowest BCUT2D eigenvalue weighted by Crippen LogP contribution is -2.12. The highest BCUT2D eigenvalue weighted by Crippen LogP contribution is 2.27.